The van der Waals surface area contributed by atoms with E-state index in [1.165, 1.54) is 13.8 Å². The van der Waals surface area contributed by atoms with E-state index in [-0.39, 0.29) is 6.61 Å². The van der Waals surface area contributed by atoms with Gasteiger partial charge in [0.1, 0.15) is 12.2 Å². The van der Waals surface area contributed by atoms with E-state index in [4.69, 9.17) is 15.3 Å². The van der Waals surface area contributed by atoms with Crippen LogP contribution in [-0.4, -0.2) is 56.6 Å². The first kappa shape index (κ1) is 12.8. The molecule has 0 spiro atoms. The lowest BCUT2D eigenvalue weighted by molar-refractivity contribution is -0.117. The van der Waals surface area contributed by atoms with Gasteiger partial charge in [0, 0.05) is 12.5 Å². The molecule has 5 N–H and O–H groups in total. The number of rotatable bonds is 5. The minimum Gasteiger partial charge on any atom is -0.396 e. The van der Waals surface area contributed by atoms with E-state index >= 15 is 0 Å². The van der Waals surface area contributed by atoms with Gasteiger partial charge >= 0.3 is 0 Å². The second-order valence-electron chi connectivity index (χ2n) is 3.37. The summed E-state index contributed by atoms with van der Waals surface area (Å²) in [6.07, 6.45) is -5.20. The predicted octanol–water partition coefficient (Wildman–Crippen LogP) is -1.92. The monoisotopic (exact) mass is 194 g/mol. The molecule has 0 saturated heterocycles. The lowest BCUT2D eigenvalue weighted by Gasteiger charge is -2.27. The maximum absolute atomic E-state index is 9.32. The minimum atomic E-state index is -1.44. The molecule has 0 amide bonds. The van der Waals surface area contributed by atoms with Crippen LogP contribution in [0.15, 0.2) is 0 Å². The Hall–Kier alpha value is -0.200. The average Bonchev–Trinajstić information content (AvgIpc) is 2.12. The molecule has 0 radical (unpaired) electrons. The molecule has 0 heterocycles. The SMILES string of the molecule is CC(CO)C(O)C(O)C(O)[C@@H](C)O. The van der Waals surface area contributed by atoms with Crippen LogP contribution in [0.2, 0.25) is 0 Å². The van der Waals surface area contributed by atoms with Crippen LogP contribution in [0.25, 0.3) is 0 Å². The normalized spacial score (nSPS) is 23.3. The van der Waals surface area contributed by atoms with Gasteiger partial charge in [0.15, 0.2) is 0 Å². The van der Waals surface area contributed by atoms with Gasteiger partial charge in [0.05, 0.1) is 12.2 Å². The summed E-state index contributed by atoms with van der Waals surface area (Å²) in [6, 6.07) is 0. The first-order chi connectivity index (χ1) is 5.91. The Morgan fingerprint density at radius 2 is 1.31 bits per heavy atom. The highest BCUT2D eigenvalue weighted by Gasteiger charge is 2.30. The van der Waals surface area contributed by atoms with E-state index in [9.17, 15) is 10.2 Å². The maximum Gasteiger partial charge on any atom is 0.109 e. The topological polar surface area (TPSA) is 101 Å². The molecule has 0 saturated carbocycles. The minimum absolute atomic E-state index is 0.287. The van der Waals surface area contributed by atoms with Crippen LogP contribution in [0.5, 0.6) is 0 Å². The van der Waals surface area contributed by atoms with Gasteiger partial charge in [-0.25, -0.2) is 0 Å². The van der Waals surface area contributed by atoms with Gasteiger partial charge in [-0.1, -0.05) is 6.92 Å². The van der Waals surface area contributed by atoms with Crippen LogP contribution in [0.3, 0.4) is 0 Å². The molecule has 0 bridgehead atoms. The van der Waals surface area contributed by atoms with Gasteiger partial charge in [0.25, 0.3) is 0 Å². The molecule has 5 atom stereocenters. The Morgan fingerprint density at radius 3 is 1.62 bits per heavy atom. The zero-order valence-corrected chi connectivity index (χ0v) is 7.83. The third-order valence-electron chi connectivity index (χ3n) is 2.07. The van der Waals surface area contributed by atoms with Crippen LogP contribution in [0, 0.1) is 5.92 Å². The van der Waals surface area contributed by atoms with Crippen molar-refractivity contribution >= 4 is 0 Å². The molecule has 0 aliphatic carbocycles. The molecule has 0 aromatic heterocycles. The lowest BCUT2D eigenvalue weighted by Crippen LogP contribution is -2.46. The molecule has 0 aromatic rings. The Morgan fingerprint density at radius 1 is 0.846 bits per heavy atom. The molecule has 0 fully saturated rings. The van der Waals surface area contributed by atoms with Crippen LogP contribution < -0.4 is 0 Å². The van der Waals surface area contributed by atoms with Crippen molar-refractivity contribution in [2.45, 2.75) is 38.3 Å². The summed E-state index contributed by atoms with van der Waals surface area (Å²) >= 11 is 0. The summed E-state index contributed by atoms with van der Waals surface area (Å²) in [5.41, 5.74) is 0. The van der Waals surface area contributed by atoms with E-state index in [2.05, 4.69) is 0 Å². The average molecular weight is 194 g/mol. The molecule has 0 aromatic carbocycles. The number of hydrogen-bond donors (Lipinski definition) is 5. The standard InChI is InChI=1S/C8H18O5/c1-4(3-9)6(11)8(13)7(12)5(2)10/h4-13H,3H2,1-2H3/t4?,5-,6?,7?,8?/m1/s1. The van der Waals surface area contributed by atoms with Crippen molar-refractivity contribution in [2.75, 3.05) is 6.61 Å². The summed E-state index contributed by atoms with van der Waals surface area (Å²) in [6.45, 7) is 2.55. The van der Waals surface area contributed by atoms with Gasteiger partial charge in [-0.05, 0) is 6.92 Å². The van der Waals surface area contributed by atoms with Gasteiger partial charge in [-0.15, -0.1) is 0 Å². The molecule has 5 heteroatoms. The highest BCUT2D eigenvalue weighted by atomic mass is 16.4. The fourth-order valence-electron chi connectivity index (χ4n) is 0.932. The van der Waals surface area contributed by atoms with E-state index in [0.29, 0.717) is 0 Å². The molecular weight excluding hydrogens is 176 g/mol. The van der Waals surface area contributed by atoms with Gasteiger partial charge < -0.3 is 25.5 Å². The maximum atomic E-state index is 9.32. The van der Waals surface area contributed by atoms with E-state index in [0.717, 1.165) is 0 Å². The van der Waals surface area contributed by atoms with Crippen molar-refractivity contribution in [2.24, 2.45) is 5.92 Å². The van der Waals surface area contributed by atoms with Crippen LogP contribution >= 0.6 is 0 Å². The van der Waals surface area contributed by atoms with Crippen molar-refractivity contribution in [1.82, 2.24) is 0 Å². The van der Waals surface area contributed by atoms with Crippen LogP contribution in [0.4, 0.5) is 0 Å². The largest absolute Gasteiger partial charge is 0.396 e. The second kappa shape index (κ2) is 5.51. The van der Waals surface area contributed by atoms with Crippen LogP contribution in [0.1, 0.15) is 13.8 Å². The number of hydrogen-bond acceptors (Lipinski definition) is 5. The summed E-state index contributed by atoms with van der Waals surface area (Å²) in [7, 11) is 0. The van der Waals surface area contributed by atoms with Crippen molar-refractivity contribution in [3.8, 4) is 0 Å². The third kappa shape index (κ3) is 3.58. The lowest BCUT2D eigenvalue weighted by atomic mass is 9.95. The van der Waals surface area contributed by atoms with E-state index < -0.39 is 30.3 Å². The first-order valence-electron chi connectivity index (χ1n) is 4.25. The zero-order chi connectivity index (χ0) is 10.6. The highest BCUT2D eigenvalue weighted by Crippen LogP contribution is 2.11. The van der Waals surface area contributed by atoms with Gasteiger partial charge in [-0.3, -0.25) is 0 Å². The van der Waals surface area contributed by atoms with Crippen molar-refractivity contribution in [3.05, 3.63) is 0 Å². The van der Waals surface area contributed by atoms with Gasteiger partial charge in [-0.2, -0.15) is 0 Å². The number of aliphatic hydroxyl groups is 5. The molecule has 0 aliphatic rings. The predicted molar refractivity (Wildman–Crippen MR) is 46.0 cm³/mol. The molecule has 4 unspecified atom stereocenters. The zero-order valence-electron chi connectivity index (χ0n) is 7.83. The summed E-state index contributed by atoms with van der Waals surface area (Å²) in [4.78, 5) is 0. The molecular formula is C8H18O5. The molecule has 0 aliphatic heterocycles. The Labute approximate surface area is 77.3 Å². The van der Waals surface area contributed by atoms with Crippen molar-refractivity contribution in [3.63, 3.8) is 0 Å². The second-order valence-corrected chi connectivity index (χ2v) is 3.37. The Balaban J connectivity index is 4.15. The Kier molecular flexibility index (Phi) is 5.43. The number of aliphatic hydroxyl groups excluding tert-OH is 5. The fourth-order valence-corrected chi connectivity index (χ4v) is 0.932. The quantitative estimate of drug-likeness (QED) is 0.351. The summed E-state index contributed by atoms with van der Waals surface area (Å²) < 4.78 is 0. The van der Waals surface area contributed by atoms with Crippen molar-refractivity contribution in [1.29, 1.82) is 0 Å². The summed E-state index contributed by atoms with van der Waals surface area (Å²) in [5, 5.41) is 45.3. The van der Waals surface area contributed by atoms with Crippen molar-refractivity contribution < 1.29 is 25.5 Å². The van der Waals surface area contributed by atoms with Crippen LogP contribution in [-0.2, 0) is 0 Å². The first-order valence-corrected chi connectivity index (χ1v) is 4.25. The fraction of sp³-hybridized carbons (Fsp3) is 1.00. The smallest absolute Gasteiger partial charge is 0.109 e. The molecule has 5 nitrogen and oxygen atoms in total. The Bertz CT molecular complexity index is 138. The molecule has 13 heavy (non-hydrogen) atoms. The third-order valence-corrected chi connectivity index (χ3v) is 2.07. The molecule has 80 valence electrons. The highest BCUT2D eigenvalue weighted by molar-refractivity contribution is 4.81. The summed E-state index contributed by atoms with van der Waals surface area (Å²) in [5.74, 6) is -0.539. The van der Waals surface area contributed by atoms with E-state index in [1.54, 1.807) is 0 Å². The molecule has 0 rings (SSSR count). The van der Waals surface area contributed by atoms with E-state index in [1.807, 2.05) is 0 Å². The van der Waals surface area contributed by atoms with Gasteiger partial charge in [0.2, 0.25) is 0 Å².